The predicted octanol–water partition coefficient (Wildman–Crippen LogP) is 5.15. The molecule has 0 atom stereocenters. The minimum atomic E-state index is -0.433. The van der Waals surface area contributed by atoms with Crippen LogP contribution in [0.25, 0.3) is 11.0 Å². The Morgan fingerprint density at radius 1 is 1.35 bits per heavy atom. The van der Waals surface area contributed by atoms with Crippen molar-refractivity contribution in [2.75, 3.05) is 0 Å². The Morgan fingerprint density at radius 3 is 2.70 bits per heavy atom. The van der Waals surface area contributed by atoms with Crippen molar-refractivity contribution < 1.29 is 4.39 Å². The van der Waals surface area contributed by atoms with Crippen LogP contribution >= 0.6 is 23.2 Å². The summed E-state index contributed by atoms with van der Waals surface area (Å²) >= 11 is 11.9. The fourth-order valence-corrected chi connectivity index (χ4v) is 3.58. The summed E-state index contributed by atoms with van der Waals surface area (Å²) in [6, 6.07) is 3.05. The Morgan fingerprint density at radius 2 is 2.05 bits per heavy atom. The molecule has 0 spiro atoms. The molecule has 1 aromatic carbocycles. The van der Waals surface area contributed by atoms with Crippen LogP contribution in [0.1, 0.15) is 38.4 Å². The highest BCUT2D eigenvalue weighted by atomic mass is 35.5. The van der Waals surface area contributed by atoms with E-state index >= 15 is 0 Å². The van der Waals surface area contributed by atoms with Gasteiger partial charge in [-0.15, -0.1) is 11.6 Å². The highest BCUT2D eigenvalue weighted by Gasteiger charge is 2.30. The summed E-state index contributed by atoms with van der Waals surface area (Å²) in [4.78, 5) is 4.44. The molecule has 1 aliphatic carbocycles. The molecule has 108 valence electrons. The van der Waals surface area contributed by atoms with E-state index in [9.17, 15) is 4.39 Å². The number of aromatic nitrogens is 2. The van der Waals surface area contributed by atoms with Gasteiger partial charge in [0.1, 0.15) is 11.6 Å². The lowest BCUT2D eigenvalue weighted by Crippen LogP contribution is -2.20. The second kappa shape index (κ2) is 5.19. The molecule has 0 aliphatic heterocycles. The first-order valence-electron chi connectivity index (χ1n) is 6.92. The van der Waals surface area contributed by atoms with Crippen molar-refractivity contribution in [2.24, 2.45) is 5.41 Å². The topological polar surface area (TPSA) is 17.8 Å². The van der Waals surface area contributed by atoms with E-state index in [0.29, 0.717) is 11.4 Å². The normalized spacial score (nSPS) is 18.0. The molecular formula is C15H17Cl2FN2. The first kappa shape index (κ1) is 14.2. The molecule has 1 saturated carbocycles. The fourth-order valence-electron chi connectivity index (χ4n) is 3.22. The van der Waals surface area contributed by atoms with Gasteiger partial charge in [0.15, 0.2) is 0 Å². The van der Waals surface area contributed by atoms with E-state index in [4.69, 9.17) is 23.2 Å². The molecule has 0 bridgehead atoms. The van der Waals surface area contributed by atoms with Crippen LogP contribution in [0.5, 0.6) is 0 Å². The third-order valence-electron chi connectivity index (χ3n) is 4.34. The summed E-state index contributed by atoms with van der Waals surface area (Å²) in [7, 11) is 0. The molecule has 5 heteroatoms. The van der Waals surface area contributed by atoms with Crippen LogP contribution in [-0.2, 0) is 12.4 Å². The zero-order valence-electron chi connectivity index (χ0n) is 11.4. The van der Waals surface area contributed by atoms with Gasteiger partial charge in [-0.05, 0) is 24.3 Å². The minimum Gasteiger partial charge on any atom is -0.326 e. The summed E-state index contributed by atoms with van der Waals surface area (Å²) in [5.41, 5.74) is 1.78. The maximum Gasteiger partial charge on any atom is 0.144 e. The Kier molecular flexibility index (Phi) is 3.67. The van der Waals surface area contributed by atoms with Crippen molar-refractivity contribution in [1.29, 1.82) is 0 Å². The predicted molar refractivity (Wildman–Crippen MR) is 80.8 cm³/mol. The minimum absolute atomic E-state index is 0.136. The van der Waals surface area contributed by atoms with Crippen LogP contribution in [-0.4, -0.2) is 9.55 Å². The van der Waals surface area contributed by atoms with Gasteiger partial charge in [-0.2, -0.15) is 0 Å². The quantitative estimate of drug-likeness (QED) is 0.716. The molecular weight excluding hydrogens is 298 g/mol. The van der Waals surface area contributed by atoms with E-state index in [2.05, 4.69) is 16.5 Å². The number of imidazole rings is 1. The summed E-state index contributed by atoms with van der Waals surface area (Å²) in [6.45, 7) is 3.17. The van der Waals surface area contributed by atoms with E-state index in [-0.39, 0.29) is 10.4 Å². The molecule has 1 aromatic heterocycles. The standard InChI is InChI=1S/C15H17Cl2FN2/c1-15(4-2-3-5-15)9-20-13-6-10(17)11(18)7-12(13)19-14(20)8-16/h6-7H,2-5,8-9H2,1H3. The fraction of sp³-hybridized carbons (Fsp3) is 0.533. The number of halogens is 3. The molecule has 1 aliphatic rings. The van der Waals surface area contributed by atoms with Gasteiger partial charge in [-0.25, -0.2) is 9.37 Å². The Labute approximate surface area is 127 Å². The summed E-state index contributed by atoms with van der Waals surface area (Å²) in [5.74, 6) is 0.678. The van der Waals surface area contributed by atoms with Crippen molar-refractivity contribution in [1.82, 2.24) is 9.55 Å². The van der Waals surface area contributed by atoms with E-state index in [1.165, 1.54) is 31.7 Å². The Hall–Kier alpha value is -0.800. The van der Waals surface area contributed by atoms with Gasteiger partial charge in [0.2, 0.25) is 0 Å². The van der Waals surface area contributed by atoms with Crippen LogP contribution in [0.2, 0.25) is 5.02 Å². The number of rotatable bonds is 3. The smallest absolute Gasteiger partial charge is 0.144 e. The van der Waals surface area contributed by atoms with Crippen molar-refractivity contribution in [3.8, 4) is 0 Å². The molecule has 2 aromatic rings. The van der Waals surface area contributed by atoms with Gasteiger partial charge in [0.25, 0.3) is 0 Å². The zero-order valence-corrected chi connectivity index (χ0v) is 12.9. The highest BCUT2D eigenvalue weighted by molar-refractivity contribution is 6.31. The molecule has 0 N–H and O–H groups in total. The van der Waals surface area contributed by atoms with Crippen LogP contribution in [0.3, 0.4) is 0 Å². The summed E-state index contributed by atoms with van der Waals surface area (Å²) in [5, 5.41) is 0.136. The lowest BCUT2D eigenvalue weighted by Gasteiger charge is -2.25. The van der Waals surface area contributed by atoms with Crippen LogP contribution in [0.4, 0.5) is 4.39 Å². The second-order valence-corrected chi connectivity index (χ2v) is 6.70. The lowest BCUT2D eigenvalue weighted by atomic mass is 9.89. The van der Waals surface area contributed by atoms with Gasteiger partial charge in [-0.1, -0.05) is 31.4 Å². The Bertz CT molecular complexity index is 645. The van der Waals surface area contributed by atoms with Gasteiger partial charge in [-0.3, -0.25) is 0 Å². The monoisotopic (exact) mass is 314 g/mol. The molecule has 3 rings (SSSR count). The molecule has 0 radical (unpaired) electrons. The SMILES string of the molecule is CC1(Cn2c(CCl)nc3cc(F)c(Cl)cc32)CCCC1. The van der Waals surface area contributed by atoms with E-state index in [1.807, 2.05) is 0 Å². The molecule has 20 heavy (non-hydrogen) atoms. The number of benzene rings is 1. The molecule has 0 saturated heterocycles. The van der Waals surface area contributed by atoms with Gasteiger partial charge < -0.3 is 4.57 Å². The zero-order chi connectivity index (χ0) is 14.3. The maximum absolute atomic E-state index is 13.6. The van der Waals surface area contributed by atoms with E-state index < -0.39 is 5.82 Å². The third-order valence-corrected chi connectivity index (χ3v) is 4.87. The van der Waals surface area contributed by atoms with Crippen molar-refractivity contribution in [3.63, 3.8) is 0 Å². The number of alkyl halides is 1. The lowest BCUT2D eigenvalue weighted by molar-refractivity contribution is 0.282. The van der Waals surface area contributed by atoms with Crippen LogP contribution in [0.15, 0.2) is 12.1 Å². The molecule has 1 fully saturated rings. The number of nitrogens with zero attached hydrogens (tertiary/aromatic N) is 2. The van der Waals surface area contributed by atoms with Gasteiger partial charge in [0.05, 0.1) is 21.9 Å². The largest absolute Gasteiger partial charge is 0.326 e. The maximum atomic E-state index is 13.6. The number of hydrogen-bond donors (Lipinski definition) is 0. The summed E-state index contributed by atoms with van der Waals surface area (Å²) in [6.07, 6.45) is 4.97. The average Bonchev–Trinajstić information content (AvgIpc) is 2.96. The van der Waals surface area contributed by atoms with Gasteiger partial charge >= 0.3 is 0 Å². The van der Waals surface area contributed by atoms with E-state index in [1.54, 1.807) is 6.07 Å². The summed E-state index contributed by atoms with van der Waals surface area (Å²) < 4.78 is 15.7. The van der Waals surface area contributed by atoms with E-state index in [0.717, 1.165) is 17.9 Å². The average molecular weight is 315 g/mol. The highest BCUT2D eigenvalue weighted by Crippen LogP contribution is 2.40. The van der Waals surface area contributed by atoms with Gasteiger partial charge in [0, 0.05) is 12.6 Å². The Balaban J connectivity index is 2.10. The van der Waals surface area contributed by atoms with Crippen molar-refractivity contribution in [2.45, 2.75) is 45.0 Å². The molecule has 1 heterocycles. The number of fused-ring (bicyclic) bond motifs is 1. The molecule has 2 nitrogen and oxygen atoms in total. The van der Waals surface area contributed by atoms with Crippen molar-refractivity contribution in [3.05, 3.63) is 28.8 Å². The second-order valence-electron chi connectivity index (χ2n) is 6.02. The third kappa shape index (κ3) is 2.42. The first-order valence-corrected chi connectivity index (χ1v) is 7.84. The molecule has 0 amide bonds. The number of hydrogen-bond acceptors (Lipinski definition) is 1. The van der Waals surface area contributed by atoms with Crippen molar-refractivity contribution >= 4 is 34.2 Å². The van der Waals surface area contributed by atoms with Crippen LogP contribution < -0.4 is 0 Å². The van der Waals surface area contributed by atoms with Crippen LogP contribution in [0, 0.1) is 11.2 Å². The molecule has 0 unspecified atom stereocenters. The first-order chi connectivity index (χ1) is 9.52.